The molecular formula is C12H12BrNO5S2. The van der Waals surface area contributed by atoms with Crippen molar-refractivity contribution in [3.63, 3.8) is 0 Å². The van der Waals surface area contributed by atoms with Crippen LogP contribution in [-0.2, 0) is 16.4 Å². The Kier molecular flexibility index (Phi) is 4.87. The first-order chi connectivity index (χ1) is 9.79. The van der Waals surface area contributed by atoms with Crippen LogP contribution in [0.4, 0.5) is 0 Å². The zero-order chi connectivity index (χ0) is 15.6. The lowest BCUT2D eigenvalue weighted by atomic mass is 10.2. The van der Waals surface area contributed by atoms with Crippen LogP contribution in [0.2, 0.25) is 0 Å². The molecule has 0 radical (unpaired) electrons. The second-order valence-corrected chi connectivity index (χ2v) is 8.41. The van der Waals surface area contributed by atoms with Crippen LogP contribution in [-0.4, -0.2) is 25.5 Å². The van der Waals surface area contributed by atoms with Crippen molar-refractivity contribution in [1.82, 2.24) is 4.72 Å². The number of hydrogen-bond donors (Lipinski definition) is 2. The first kappa shape index (κ1) is 16.2. The second kappa shape index (κ2) is 6.30. The van der Waals surface area contributed by atoms with Gasteiger partial charge in [-0.25, -0.2) is 17.9 Å². The van der Waals surface area contributed by atoms with Gasteiger partial charge in [-0.05, 0) is 41.1 Å². The fourth-order valence-corrected chi connectivity index (χ4v) is 5.39. The van der Waals surface area contributed by atoms with Crippen LogP contribution in [0.25, 0.3) is 0 Å². The van der Waals surface area contributed by atoms with Gasteiger partial charge in [-0.15, -0.1) is 11.3 Å². The van der Waals surface area contributed by atoms with Gasteiger partial charge in [0.1, 0.15) is 15.5 Å². The zero-order valence-electron chi connectivity index (χ0n) is 10.9. The molecule has 114 valence electrons. The van der Waals surface area contributed by atoms with Gasteiger partial charge in [-0.3, -0.25) is 0 Å². The van der Waals surface area contributed by atoms with Crippen molar-refractivity contribution < 1.29 is 22.7 Å². The van der Waals surface area contributed by atoms with E-state index in [-0.39, 0.29) is 19.6 Å². The summed E-state index contributed by atoms with van der Waals surface area (Å²) in [7, 11) is -3.80. The Labute approximate surface area is 134 Å². The van der Waals surface area contributed by atoms with E-state index >= 15 is 0 Å². The fourth-order valence-electron chi connectivity index (χ4n) is 1.74. The molecule has 0 aromatic carbocycles. The van der Waals surface area contributed by atoms with Crippen molar-refractivity contribution in [2.75, 3.05) is 0 Å². The molecule has 2 N–H and O–H groups in total. The van der Waals surface area contributed by atoms with E-state index in [4.69, 9.17) is 9.52 Å². The van der Waals surface area contributed by atoms with E-state index in [1.165, 1.54) is 6.26 Å². The standard InChI is InChI=1S/C12H12BrNO5S2/c1-7(5-8-3-2-4-19-8)14-21(17,18)10-6-9(12(15)16)20-11(10)13/h2-4,6-7,14H,5H2,1H3,(H,15,16). The highest BCUT2D eigenvalue weighted by Crippen LogP contribution is 2.31. The predicted octanol–water partition coefficient (Wildman–Crippen LogP) is 2.71. The van der Waals surface area contributed by atoms with Crippen molar-refractivity contribution in [2.24, 2.45) is 0 Å². The summed E-state index contributed by atoms with van der Waals surface area (Å²) in [5, 5.41) is 8.90. The maximum atomic E-state index is 12.3. The van der Waals surface area contributed by atoms with Crippen molar-refractivity contribution in [2.45, 2.75) is 24.3 Å². The number of aromatic carboxylic acids is 1. The van der Waals surface area contributed by atoms with E-state index in [9.17, 15) is 13.2 Å². The molecule has 6 nitrogen and oxygen atoms in total. The molecule has 2 aromatic heterocycles. The molecule has 0 saturated carbocycles. The van der Waals surface area contributed by atoms with Gasteiger partial charge >= 0.3 is 5.97 Å². The number of carboxylic acid groups (broad SMARTS) is 1. The second-order valence-electron chi connectivity index (χ2n) is 4.36. The number of halogens is 1. The van der Waals surface area contributed by atoms with Gasteiger partial charge in [-0.1, -0.05) is 0 Å². The molecule has 0 aliphatic heterocycles. The van der Waals surface area contributed by atoms with Crippen molar-refractivity contribution >= 4 is 43.3 Å². The summed E-state index contributed by atoms with van der Waals surface area (Å²) < 4.78 is 32.5. The van der Waals surface area contributed by atoms with E-state index in [0.717, 1.165) is 17.4 Å². The molecule has 9 heteroatoms. The van der Waals surface area contributed by atoms with E-state index in [1.807, 2.05) is 0 Å². The van der Waals surface area contributed by atoms with Crippen LogP contribution in [0.3, 0.4) is 0 Å². The summed E-state index contributed by atoms with van der Waals surface area (Å²) in [5.74, 6) is -0.494. The topological polar surface area (TPSA) is 96.6 Å². The van der Waals surface area contributed by atoms with Crippen molar-refractivity contribution in [3.05, 3.63) is 38.9 Å². The molecule has 0 saturated heterocycles. The summed E-state index contributed by atoms with van der Waals surface area (Å²) in [6.07, 6.45) is 1.92. The Bertz CT molecular complexity index is 736. The minimum absolute atomic E-state index is 0.0408. The summed E-state index contributed by atoms with van der Waals surface area (Å²) in [6.45, 7) is 1.71. The Morgan fingerprint density at radius 1 is 1.57 bits per heavy atom. The highest BCUT2D eigenvalue weighted by Gasteiger charge is 2.25. The molecular weight excluding hydrogens is 382 g/mol. The smallest absolute Gasteiger partial charge is 0.345 e. The van der Waals surface area contributed by atoms with Crippen LogP contribution >= 0.6 is 27.3 Å². The van der Waals surface area contributed by atoms with Gasteiger partial charge in [0.15, 0.2) is 0 Å². The van der Waals surface area contributed by atoms with Crippen LogP contribution in [0.1, 0.15) is 22.4 Å². The number of rotatable bonds is 6. The summed E-state index contributed by atoms with van der Waals surface area (Å²) >= 11 is 3.95. The molecule has 0 amide bonds. The average molecular weight is 394 g/mol. The van der Waals surface area contributed by atoms with Crippen LogP contribution in [0, 0.1) is 0 Å². The summed E-state index contributed by atoms with van der Waals surface area (Å²) in [6, 6.07) is 4.24. The largest absolute Gasteiger partial charge is 0.477 e. The lowest BCUT2D eigenvalue weighted by Crippen LogP contribution is -2.34. The highest BCUT2D eigenvalue weighted by atomic mass is 79.9. The molecule has 21 heavy (non-hydrogen) atoms. The molecule has 0 spiro atoms. The Morgan fingerprint density at radius 3 is 2.81 bits per heavy atom. The molecule has 0 fully saturated rings. The number of carboxylic acids is 1. The molecule has 2 aromatic rings. The lowest BCUT2D eigenvalue weighted by molar-refractivity contribution is 0.0702. The fraction of sp³-hybridized carbons (Fsp3) is 0.250. The normalized spacial score (nSPS) is 13.2. The minimum atomic E-state index is -3.80. The van der Waals surface area contributed by atoms with Gasteiger partial charge in [0.25, 0.3) is 0 Å². The number of carbonyl (C=O) groups is 1. The third-order valence-corrected chi connectivity index (χ3v) is 6.43. The Hall–Kier alpha value is -1.16. The molecule has 0 aliphatic carbocycles. The number of hydrogen-bond acceptors (Lipinski definition) is 5. The molecule has 2 rings (SSSR count). The molecule has 0 bridgehead atoms. The van der Waals surface area contributed by atoms with Crippen molar-refractivity contribution in [1.29, 1.82) is 0 Å². The van der Waals surface area contributed by atoms with Crippen LogP contribution < -0.4 is 4.72 Å². The van der Waals surface area contributed by atoms with Crippen LogP contribution in [0.15, 0.2) is 37.6 Å². The van der Waals surface area contributed by atoms with Gasteiger partial charge in [0.2, 0.25) is 10.0 Å². The third-order valence-electron chi connectivity index (χ3n) is 2.60. The maximum absolute atomic E-state index is 12.3. The van der Waals surface area contributed by atoms with Gasteiger partial charge in [0, 0.05) is 12.5 Å². The lowest BCUT2D eigenvalue weighted by Gasteiger charge is -2.12. The van der Waals surface area contributed by atoms with E-state index in [1.54, 1.807) is 19.1 Å². The molecule has 1 atom stereocenters. The first-order valence-corrected chi connectivity index (χ1v) is 8.96. The predicted molar refractivity (Wildman–Crippen MR) is 81.2 cm³/mol. The Balaban J connectivity index is 2.16. The monoisotopic (exact) mass is 393 g/mol. The SMILES string of the molecule is CC(Cc1ccco1)NS(=O)(=O)c1cc(C(=O)O)sc1Br. The number of thiophene rings is 1. The summed E-state index contributed by atoms with van der Waals surface area (Å²) in [4.78, 5) is 10.8. The third kappa shape index (κ3) is 3.94. The average Bonchev–Trinajstić information content (AvgIpc) is 2.97. The van der Waals surface area contributed by atoms with Crippen LogP contribution in [0.5, 0.6) is 0 Å². The first-order valence-electron chi connectivity index (χ1n) is 5.87. The van der Waals surface area contributed by atoms with E-state index < -0.39 is 16.0 Å². The van der Waals surface area contributed by atoms with E-state index in [0.29, 0.717) is 12.2 Å². The van der Waals surface area contributed by atoms with Gasteiger partial charge in [-0.2, -0.15) is 0 Å². The van der Waals surface area contributed by atoms with Gasteiger partial charge in [0.05, 0.1) is 10.0 Å². The van der Waals surface area contributed by atoms with E-state index in [2.05, 4.69) is 20.7 Å². The summed E-state index contributed by atoms with van der Waals surface area (Å²) in [5.41, 5.74) is 0. The maximum Gasteiger partial charge on any atom is 0.345 e. The number of furan rings is 1. The quantitative estimate of drug-likeness (QED) is 0.786. The zero-order valence-corrected chi connectivity index (χ0v) is 14.1. The Morgan fingerprint density at radius 2 is 2.29 bits per heavy atom. The van der Waals surface area contributed by atoms with Gasteiger partial charge < -0.3 is 9.52 Å². The van der Waals surface area contributed by atoms with Crippen molar-refractivity contribution in [3.8, 4) is 0 Å². The molecule has 2 heterocycles. The molecule has 0 aliphatic rings. The minimum Gasteiger partial charge on any atom is -0.477 e. The number of nitrogens with one attached hydrogen (secondary N) is 1. The highest BCUT2D eigenvalue weighted by molar-refractivity contribution is 9.11. The number of sulfonamides is 1. The molecule has 1 unspecified atom stereocenters.